The third-order valence-electron chi connectivity index (χ3n) is 5.88. The lowest BCUT2D eigenvalue weighted by molar-refractivity contribution is 0.425. The van der Waals surface area contributed by atoms with Gasteiger partial charge in [-0.25, -0.2) is 14.8 Å². The van der Waals surface area contributed by atoms with Crippen LogP contribution in [0, 0.1) is 5.82 Å². The molecule has 2 N–H and O–H groups in total. The summed E-state index contributed by atoms with van der Waals surface area (Å²) in [6.07, 6.45) is 3.79. The van der Waals surface area contributed by atoms with Crippen LogP contribution in [0.25, 0.3) is 21.8 Å². The Morgan fingerprint density at radius 2 is 1.78 bits per heavy atom. The molecular weight excluding hydrogens is 453 g/mol. The molecule has 0 saturated heterocycles. The number of hydrazone groups is 1. The topological polar surface area (TPSA) is 70.4 Å². The van der Waals surface area contributed by atoms with Gasteiger partial charge in [0.05, 0.1) is 11.7 Å². The molecule has 5 aromatic rings. The first-order valence-electron chi connectivity index (χ1n) is 11.8. The number of hydrogen-bond donors (Lipinski definition) is 2. The number of hydrogen-bond acceptors (Lipinski definition) is 6. The average Bonchev–Trinajstić information content (AvgIpc) is 3.21. The molecule has 7 nitrogen and oxygen atoms in total. The third kappa shape index (κ3) is 5.34. The van der Waals surface area contributed by atoms with Crippen LogP contribution in [0.3, 0.4) is 0 Å². The first kappa shape index (κ1) is 23.4. The van der Waals surface area contributed by atoms with Crippen molar-refractivity contribution >= 4 is 39.8 Å². The molecule has 5 rings (SSSR count). The van der Waals surface area contributed by atoms with Gasteiger partial charge in [0, 0.05) is 47.7 Å². The van der Waals surface area contributed by atoms with Gasteiger partial charge in [-0.2, -0.15) is 10.1 Å². The van der Waals surface area contributed by atoms with Crippen LogP contribution in [-0.2, 0) is 6.54 Å². The van der Waals surface area contributed by atoms with Gasteiger partial charge in [0.25, 0.3) is 0 Å². The summed E-state index contributed by atoms with van der Waals surface area (Å²) in [6, 6.07) is 22.7. The molecule has 0 bridgehead atoms. The molecule has 0 unspecified atom stereocenters. The van der Waals surface area contributed by atoms with E-state index in [9.17, 15) is 4.39 Å². The van der Waals surface area contributed by atoms with E-state index in [0.717, 1.165) is 51.8 Å². The van der Waals surface area contributed by atoms with Crippen molar-refractivity contribution in [2.45, 2.75) is 6.54 Å². The minimum atomic E-state index is -0.235. The summed E-state index contributed by atoms with van der Waals surface area (Å²) < 4.78 is 15.8. The van der Waals surface area contributed by atoms with Crippen LogP contribution in [0.1, 0.15) is 11.1 Å². The highest BCUT2D eigenvalue weighted by Gasteiger charge is 2.09. The highest BCUT2D eigenvalue weighted by atomic mass is 19.1. The number of para-hydroxylation sites is 2. The number of likely N-dealkylation sites (N-methyl/N-ethyl adjacent to an activating group) is 1. The first-order chi connectivity index (χ1) is 17.6. The minimum absolute atomic E-state index is 0.235. The molecule has 0 aliphatic heterocycles. The zero-order valence-electron chi connectivity index (χ0n) is 20.3. The molecule has 0 atom stereocenters. The van der Waals surface area contributed by atoms with Crippen molar-refractivity contribution in [3.63, 3.8) is 0 Å². The Morgan fingerprint density at radius 1 is 0.972 bits per heavy atom. The number of halogens is 1. The van der Waals surface area contributed by atoms with Crippen LogP contribution in [0.4, 0.5) is 16.2 Å². The second-order valence-corrected chi connectivity index (χ2v) is 8.87. The summed E-state index contributed by atoms with van der Waals surface area (Å²) >= 11 is 0. The van der Waals surface area contributed by atoms with Crippen LogP contribution in [0.15, 0.2) is 84.1 Å². The van der Waals surface area contributed by atoms with Gasteiger partial charge in [0.2, 0.25) is 5.95 Å². The molecule has 0 spiro atoms. The Morgan fingerprint density at radius 3 is 2.61 bits per heavy atom. The van der Waals surface area contributed by atoms with Gasteiger partial charge < -0.3 is 14.8 Å². The van der Waals surface area contributed by atoms with Gasteiger partial charge in [-0.15, -0.1) is 0 Å². The van der Waals surface area contributed by atoms with E-state index in [2.05, 4.69) is 47.4 Å². The molecule has 3 aromatic carbocycles. The maximum Gasteiger partial charge on any atom is 0.246 e. The average molecular weight is 482 g/mol. The van der Waals surface area contributed by atoms with Gasteiger partial charge in [0.15, 0.2) is 0 Å². The number of rotatable bonds is 9. The summed E-state index contributed by atoms with van der Waals surface area (Å²) in [5, 5.41) is 9.88. The van der Waals surface area contributed by atoms with Crippen molar-refractivity contribution in [1.29, 1.82) is 0 Å². The van der Waals surface area contributed by atoms with Crippen LogP contribution >= 0.6 is 0 Å². The van der Waals surface area contributed by atoms with E-state index in [-0.39, 0.29) is 5.82 Å². The van der Waals surface area contributed by atoms with Gasteiger partial charge in [-0.05, 0) is 50.0 Å². The van der Waals surface area contributed by atoms with E-state index < -0.39 is 0 Å². The van der Waals surface area contributed by atoms with Crippen molar-refractivity contribution in [3.05, 3.63) is 95.9 Å². The molecule has 0 fully saturated rings. The second-order valence-electron chi connectivity index (χ2n) is 8.87. The molecule has 2 aromatic heterocycles. The Hall–Kier alpha value is -4.30. The fraction of sp³-hybridized carbons (Fsp3) is 0.179. The minimum Gasteiger partial charge on any atom is -0.368 e. The van der Waals surface area contributed by atoms with E-state index in [0.29, 0.717) is 12.5 Å². The van der Waals surface area contributed by atoms with Gasteiger partial charge in [-0.1, -0.05) is 42.5 Å². The zero-order chi connectivity index (χ0) is 24.9. The van der Waals surface area contributed by atoms with Crippen molar-refractivity contribution in [3.8, 4) is 0 Å². The molecule has 0 amide bonds. The predicted molar refractivity (Wildman–Crippen MR) is 145 cm³/mol. The van der Waals surface area contributed by atoms with Crippen LogP contribution in [0.2, 0.25) is 0 Å². The Kier molecular flexibility index (Phi) is 6.86. The normalized spacial score (nSPS) is 11.7. The van der Waals surface area contributed by atoms with E-state index in [1.165, 1.54) is 6.07 Å². The summed E-state index contributed by atoms with van der Waals surface area (Å²) in [5.74, 6) is 0.952. The largest absolute Gasteiger partial charge is 0.368 e. The van der Waals surface area contributed by atoms with E-state index in [1.807, 2.05) is 62.8 Å². The lowest BCUT2D eigenvalue weighted by Crippen LogP contribution is -2.21. The number of benzene rings is 3. The van der Waals surface area contributed by atoms with Gasteiger partial charge in [-0.3, -0.25) is 0 Å². The molecule has 182 valence electrons. The second kappa shape index (κ2) is 10.5. The number of fused-ring (bicyclic) bond motifs is 2. The van der Waals surface area contributed by atoms with Crippen molar-refractivity contribution in [2.24, 2.45) is 5.10 Å². The highest BCUT2D eigenvalue weighted by molar-refractivity contribution is 5.99. The van der Waals surface area contributed by atoms with Crippen molar-refractivity contribution < 1.29 is 4.39 Å². The highest BCUT2D eigenvalue weighted by Crippen LogP contribution is 2.23. The maximum absolute atomic E-state index is 13.7. The fourth-order valence-electron chi connectivity index (χ4n) is 4.16. The maximum atomic E-state index is 13.7. The molecular formula is C28H28FN7. The number of anilines is 2. The van der Waals surface area contributed by atoms with Crippen LogP contribution < -0.4 is 10.7 Å². The zero-order valence-corrected chi connectivity index (χ0v) is 20.3. The molecule has 0 radical (unpaired) electrons. The summed E-state index contributed by atoms with van der Waals surface area (Å²) in [7, 11) is 4.08. The molecule has 2 heterocycles. The Balaban J connectivity index is 1.39. The lowest BCUT2D eigenvalue weighted by Gasteiger charge is -2.13. The Bertz CT molecular complexity index is 1520. The lowest BCUT2D eigenvalue weighted by atomic mass is 10.2. The standard InChI is InChI=1S/C28H28FN7/c1-35(2)15-14-30-27-24-11-3-5-12-25(24)32-28(33-27)34-31-17-21-19-36(26-13-6-4-10-23(21)26)18-20-8-7-9-22(29)16-20/h3-13,16-17,19H,14-15,18H2,1-2H3,(H2,30,32,33,34)/b31-17+. The number of nitrogens with one attached hydrogen (secondary N) is 2. The predicted octanol–water partition coefficient (Wildman–Crippen LogP) is 5.19. The van der Waals surface area contributed by atoms with E-state index >= 15 is 0 Å². The van der Waals surface area contributed by atoms with Crippen LogP contribution in [0.5, 0.6) is 0 Å². The molecule has 0 saturated carbocycles. The summed E-state index contributed by atoms with van der Waals surface area (Å²) in [6.45, 7) is 2.22. The number of nitrogens with zero attached hydrogens (tertiary/aromatic N) is 5. The molecule has 36 heavy (non-hydrogen) atoms. The summed E-state index contributed by atoms with van der Waals surface area (Å²) in [5.41, 5.74) is 6.73. The molecule has 0 aliphatic rings. The quantitative estimate of drug-likeness (QED) is 0.224. The smallest absolute Gasteiger partial charge is 0.246 e. The van der Waals surface area contributed by atoms with Crippen LogP contribution in [-0.4, -0.2) is 52.8 Å². The van der Waals surface area contributed by atoms with E-state index in [4.69, 9.17) is 0 Å². The SMILES string of the molecule is CN(C)CCNc1nc(N/N=C/c2cn(Cc3cccc(F)c3)c3ccccc23)nc2ccccc12. The number of aromatic nitrogens is 3. The Labute approximate surface area is 209 Å². The monoisotopic (exact) mass is 481 g/mol. The first-order valence-corrected chi connectivity index (χ1v) is 11.8. The molecule has 8 heteroatoms. The van der Waals surface area contributed by atoms with Gasteiger partial charge in [0.1, 0.15) is 11.6 Å². The van der Waals surface area contributed by atoms with Crippen molar-refractivity contribution in [1.82, 2.24) is 19.4 Å². The fourth-order valence-corrected chi connectivity index (χ4v) is 4.16. The van der Waals surface area contributed by atoms with Gasteiger partial charge >= 0.3 is 0 Å². The summed E-state index contributed by atoms with van der Waals surface area (Å²) in [4.78, 5) is 11.4. The van der Waals surface area contributed by atoms with Crippen molar-refractivity contribution in [2.75, 3.05) is 37.9 Å². The third-order valence-corrected chi connectivity index (χ3v) is 5.88. The van der Waals surface area contributed by atoms with E-state index in [1.54, 1.807) is 18.3 Å². The molecule has 0 aliphatic carbocycles.